The van der Waals surface area contributed by atoms with Gasteiger partial charge in [-0.1, -0.05) is 12.1 Å². The van der Waals surface area contributed by atoms with Crippen molar-refractivity contribution in [2.24, 2.45) is 7.05 Å². The summed E-state index contributed by atoms with van der Waals surface area (Å²) in [5.41, 5.74) is 7.17. The number of anilines is 1. The third-order valence-corrected chi connectivity index (χ3v) is 3.50. The van der Waals surface area contributed by atoms with Gasteiger partial charge in [-0.2, -0.15) is 18.3 Å². The largest absolute Gasteiger partial charge is 0.416 e. The molecule has 24 heavy (non-hydrogen) atoms. The van der Waals surface area contributed by atoms with Crippen molar-refractivity contribution >= 4 is 5.82 Å². The van der Waals surface area contributed by atoms with Gasteiger partial charge in [0.25, 0.3) is 0 Å². The van der Waals surface area contributed by atoms with Gasteiger partial charge in [-0.05, 0) is 12.1 Å². The lowest BCUT2D eigenvalue weighted by molar-refractivity contribution is -0.623. The lowest BCUT2D eigenvalue weighted by atomic mass is 10.1. The molecule has 2 aromatic heterocycles. The van der Waals surface area contributed by atoms with Crippen LogP contribution in [0, 0.1) is 0 Å². The molecule has 9 heteroatoms. The van der Waals surface area contributed by atoms with Gasteiger partial charge in [-0.25, -0.2) is 4.98 Å². The van der Waals surface area contributed by atoms with Gasteiger partial charge in [0, 0.05) is 24.4 Å². The maximum atomic E-state index is 12.7. The second kappa shape index (κ2) is 5.52. The number of aromatic nitrogens is 4. The van der Waals surface area contributed by atoms with E-state index in [-0.39, 0.29) is 5.82 Å². The predicted octanol–water partition coefficient (Wildman–Crippen LogP) is 1.75. The molecule has 1 aromatic carbocycles. The van der Waals surface area contributed by atoms with Gasteiger partial charge in [-0.3, -0.25) is 16.3 Å². The van der Waals surface area contributed by atoms with E-state index >= 15 is 0 Å². The molecule has 0 saturated carbocycles. The van der Waals surface area contributed by atoms with Gasteiger partial charge in [0.15, 0.2) is 5.69 Å². The minimum atomic E-state index is -4.39. The zero-order chi connectivity index (χ0) is 17.5. The molecule has 3 aromatic rings. The Morgan fingerprint density at radius 2 is 1.79 bits per heavy atom. The van der Waals surface area contributed by atoms with Gasteiger partial charge in [0.1, 0.15) is 11.9 Å². The molecular weight excluding hydrogens is 321 g/mol. The van der Waals surface area contributed by atoms with Gasteiger partial charge < -0.3 is 0 Å². The van der Waals surface area contributed by atoms with E-state index in [1.807, 2.05) is 0 Å². The Morgan fingerprint density at radius 1 is 1.12 bits per heavy atom. The molecule has 0 atom stereocenters. The molecule has 0 aliphatic rings. The zero-order valence-electron chi connectivity index (χ0n) is 12.6. The van der Waals surface area contributed by atoms with Crippen molar-refractivity contribution in [3.05, 3.63) is 48.4 Å². The molecule has 0 fully saturated rings. The Bertz CT molecular complexity index is 883. The molecule has 0 aliphatic carbocycles. The highest BCUT2D eigenvalue weighted by atomic mass is 19.4. The van der Waals surface area contributed by atoms with E-state index < -0.39 is 11.7 Å². The van der Waals surface area contributed by atoms with Crippen molar-refractivity contribution in [1.82, 2.24) is 14.8 Å². The number of benzene rings is 1. The van der Waals surface area contributed by atoms with E-state index in [1.54, 1.807) is 24.1 Å². The van der Waals surface area contributed by atoms with Gasteiger partial charge in [0.05, 0.1) is 11.8 Å². The zero-order valence-corrected chi connectivity index (χ0v) is 12.6. The normalized spacial score (nSPS) is 11.7. The van der Waals surface area contributed by atoms with Crippen LogP contribution in [0.4, 0.5) is 19.0 Å². The quantitative estimate of drug-likeness (QED) is 0.552. The van der Waals surface area contributed by atoms with Crippen LogP contribution >= 0.6 is 0 Å². The van der Waals surface area contributed by atoms with Crippen LogP contribution in [0.2, 0.25) is 0 Å². The van der Waals surface area contributed by atoms with E-state index in [4.69, 9.17) is 11.6 Å². The van der Waals surface area contributed by atoms with Crippen LogP contribution in [-0.2, 0) is 13.2 Å². The van der Waals surface area contributed by atoms with Crippen LogP contribution < -0.4 is 16.3 Å². The number of nitrogens with zero attached hydrogens (tertiary/aromatic N) is 4. The molecule has 2 heterocycles. The summed E-state index contributed by atoms with van der Waals surface area (Å²) < 4.78 is 40.8. The summed E-state index contributed by atoms with van der Waals surface area (Å²) in [6, 6.07) is 4.68. The smallest absolute Gasteiger partial charge is 0.283 e. The molecule has 0 saturated heterocycles. The first-order valence-corrected chi connectivity index (χ1v) is 6.89. The minimum absolute atomic E-state index is 0.221. The first-order chi connectivity index (χ1) is 11.3. The minimum Gasteiger partial charge on any atom is -0.283 e. The van der Waals surface area contributed by atoms with E-state index in [9.17, 15) is 13.2 Å². The van der Waals surface area contributed by atoms with E-state index in [0.29, 0.717) is 22.5 Å². The van der Waals surface area contributed by atoms with Crippen molar-refractivity contribution in [3.8, 4) is 22.5 Å². The number of halogens is 3. The number of aryl methyl sites for hydroxylation is 1. The van der Waals surface area contributed by atoms with Crippen LogP contribution in [0.3, 0.4) is 0 Å². The van der Waals surface area contributed by atoms with Crippen molar-refractivity contribution in [2.45, 2.75) is 6.18 Å². The molecule has 0 unspecified atom stereocenters. The fourth-order valence-corrected chi connectivity index (χ4v) is 2.26. The van der Waals surface area contributed by atoms with Crippen LogP contribution in [0.15, 0.2) is 42.9 Å². The van der Waals surface area contributed by atoms with Gasteiger partial charge in [-0.15, -0.1) is 4.68 Å². The highest BCUT2D eigenvalue weighted by Gasteiger charge is 2.30. The standard InChI is InChI=1S/C15H13F3N6/c1-23-7-10(6-21-23)13-14(19)24(20)8-12(22-13)9-2-4-11(5-3-9)15(16,17)18/h2-8,19H,20H2,1H3/p+1. The summed E-state index contributed by atoms with van der Waals surface area (Å²) in [5, 5.41) is 4.05. The molecule has 6 nitrogen and oxygen atoms in total. The fraction of sp³-hybridized carbons (Fsp3) is 0.133. The number of hydrogen-bond donors (Lipinski definition) is 2. The summed E-state index contributed by atoms with van der Waals surface area (Å²) in [6.45, 7) is 0. The Labute approximate surface area is 135 Å². The SMILES string of the molecule is Cn1cc(-c2nc(-c3ccc(C(F)(F)F)cc3)c[n+](N)c2N)cn1. The number of hydrogen-bond acceptors (Lipinski definition) is 4. The van der Waals surface area contributed by atoms with Crippen LogP contribution in [0.1, 0.15) is 5.56 Å². The highest BCUT2D eigenvalue weighted by Crippen LogP contribution is 2.31. The third-order valence-electron chi connectivity index (χ3n) is 3.50. The monoisotopic (exact) mass is 335 g/mol. The van der Waals surface area contributed by atoms with Crippen molar-refractivity contribution in [3.63, 3.8) is 0 Å². The number of nitrogens with two attached hydrogens (primary N) is 2. The summed E-state index contributed by atoms with van der Waals surface area (Å²) in [5.74, 6) is 6.07. The van der Waals surface area contributed by atoms with Crippen LogP contribution in [0.5, 0.6) is 0 Å². The number of nitrogen functional groups attached to an aromatic ring is 2. The molecule has 3 rings (SSSR count). The van der Waals surface area contributed by atoms with Crippen LogP contribution in [0.25, 0.3) is 22.5 Å². The molecule has 124 valence electrons. The summed E-state index contributed by atoms with van der Waals surface area (Å²) in [6.07, 6.45) is 0.365. The predicted molar refractivity (Wildman–Crippen MR) is 81.6 cm³/mol. The van der Waals surface area contributed by atoms with E-state index in [0.717, 1.165) is 12.1 Å². The van der Waals surface area contributed by atoms with Gasteiger partial charge >= 0.3 is 12.0 Å². The highest BCUT2D eigenvalue weighted by molar-refractivity contribution is 5.70. The molecule has 0 bridgehead atoms. The van der Waals surface area contributed by atoms with Crippen molar-refractivity contribution in [1.29, 1.82) is 0 Å². The second-order valence-corrected chi connectivity index (χ2v) is 5.25. The molecule has 0 aliphatic heterocycles. The maximum Gasteiger partial charge on any atom is 0.416 e. The molecule has 0 amide bonds. The fourth-order valence-electron chi connectivity index (χ4n) is 2.26. The Balaban J connectivity index is 2.07. The second-order valence-electron chi connectivity index (χ2n) is 5.25. The van der Waals surface area contributed by atoms with E-state index in [1.165, 1.54) is 23.0 Å². The first kappa shape index (κ1) is 15.8. The van der Waals surface area contributed by atoms with Crippen molar-refractivity contribution in [2.75, 3.05) is 11.6 Å². The molecule has 0 radical (unpaired) electrons. The summed E-state index contributed by atoms with van der Waals surface area (Å²) in [4.78, 5) is 4.42. The average molecular weight is 335 g/mol. The maximum absolute atomic E-state index is 12.7. The average Bonchev–Trinajstić information content (AvgIpc) is 2.95. The van der Waals surface area contributed by atoms with Crippen LogP contribution in [-0.4, -0.2) is 14.8 Å². The Kier molecular flexibility index (Phi) is 3.63. The Hall–Kier alpha value is -3.10. The number of rotatable bonds is 2. The Morgan fingerprint density at radius 3 is 2.33 bits per heavy atom. The van der Waals surface area contributed by atoms with Crippen molar-refractivity contribution < 1.29 is 17.8 Å². The van der Waals surface area contributed by atoms with Gasteiger partial charge in [0.2, 0.25) is 0 Å². The summed E-state index contributed by atoms with van der Waals surface area (Å²) >= 11 is 0. The molecule has 0 spiro atoms. The van der Waals surface area contributed by atoms with E-state index in [2.05, 4.69) is 10.1 Å². The third kappa shape index (κ3) is 2.87. The lowest BCUT2D eigenvalue weighted by Crippen LogP contribution is -2.47. The lowest BCUT2D eigenvalue weighted by Gasteiger charge is -2.08. The topological polar surface area (TPSA) is 86.6 Å². The first-order valence-electron chi connectivity index (χ1n) is 6.89. The number of alkyl halides is 3. The summed E-state index contributed by atoms with van der Waals surface area (Å²) in [7, 11) is 1.75. The molecular formula is C15H14F3N6+. The molecule has 4 N–H and O–H groups in total.